The summed E-state index contributed by atoms with van der Waals surface area (Å²) in [6.45, 7) is 0. The SMILES string of the molecule is c1ccc(-c2cccc(P(c3ccc(-c4ccc5c(c4)sc4cc6c7c(cccc7c45)-c4c-6c(-c5ccccc5)c5ccccc5c4-c4ccccc4)cc3)c3cccc(-c4ccccc4)c3)c2)cc1. The van der Waals surface area contributed by atoms with Crippen LogP contribution in [0.25, 0.3) is 120 Å². The molecule has 0 fully saturated rings. The van der Waals surface area contributed by atoms with E-state index in [1.165, 1.54) is 136 Å². The third-order valence-corrected chi connectivity index (χ3v) is 17.9. The molecule has 326 valence electrons. The van der Waals surface area contributed by atoms with Crippen molar-refractivity contribution in [3.05, 3.63) is 261 Å². The smallest absolute Gasteiger partial charge is 0.0368 e. The molecule has 0 bridgehead atoms. The molecule has 0 unspecified atom stereocenters. The van der Waals surface area contributed by atoms with Gasteiger partial charge < -0.3 is 0 Å². The van der Waals surface area contributed by atoms with Crippen LogP contribution in [0.5, 0.6) is 0 Å². The van der Waals surface area contributed by atoms with Gasteiger partial charge in [-0.15, -0.1) is 11.3 Å². The van der Waals surface area contributed by atoms with E-state index in [9.17, 15) is 0 Å². The standard InChI is InChI=1S/C68H43PS/c1-5-18-44(19-6-1)49-26-15-28-53(40-49)69(54-29-16-27-50(41-54)45-20-7-2-8-21-45)52-37-34-46(35-38-52)51-36-39-57-61(42-51)70-62-43-60-65-58(66(57)62)32-17-33-59(65)67-63(47-22-9-3-10-23-47)55-30-13-14-31-56(55)64(68(60)67)48-24-11-4-12-25-48/h1-43H. The Morgan fingerprint density at radius 3 is 1.24 bits per heavy atom. The molecule has 0 saturated carbocycles. The summed E-state index contributed by atoms with van der Waals surface area (Å²) in [5, 5.41) is 11.9. The molecule has 0 amide bonds. The zero-order chi connectivity index (χ0) is 46.1. The number of hydrogen-bond acceptors (Lipinski definition) is 1. The highest BCUT2D eigenvalue weighted by Gasteiger charge is 2.32. The van der Waals surface area contributed by atoms with Crippen molar-refractivity contribution in [1.82, 2.24) is 0 Å². The Kier molecular flexibility index (Phi) is 9.80. The molecule has 14 rings (SSSR count). The van der Waals surface area contributed by atoms with Crippen molar-refractivity contribution in [1.29, 1.82) is 0 Å². The molecule has 0 nitrogen and oxygen atoms in total. The molecule has 0 N–H and O–H groups in total. The van der Waals surface area contributed by atoms with Crippen LogP contribution < -0.4 is 15.9 Å². The summed E-state index contributed by atoms with van der Waals surface area (Å²) in [6.07, 6.45) is 0. The van der Waals surface area contributed by atoms with Crippen molar-refractivity contribution in [2.45, 2.75) is 0 Å². The van der Waals surface area contributed by atoms with Crippen LogP contribution in [0, 0.1) is 0 Å². The van der Waals surface area contributed by atoms with Crippen LogP contribution in [-0.4, -0.2) is 0 Å². The van der Waals surface area contributed by atoms with Gasteiger partial charge in [0.2, 0.25) is 0 Å². The first-order chi connectivity index (χ1) is 34.7. The molecule has 0 spiro atoms. The molecule has 1 aliphatic carbocycles. The van der Waals surface area contributed by atoms with Crippen LogP contribution in [0.15, 0.2) is 261 Å². The van der Waals surface area contributed by atoms with Gasteiger partial charge in [0.05, 0.1) is 0 Å². The average molecular weight is 923 g/mol. The zero-order valence-electron chi connectivity index (χ0n) is 38.2. The van der Waals surface area contributed by atoms with E-state index in [0.717, 1.165) is 0 Å². The topological polar surface area (TPSA) is 0 Å². The van der Waals surface area contributed by atoms with Crippen molar-refractivity contribution in [3.8, 4) is 77.9 Å². The molecule has 1 aromatic heterocycles. The summed E-state index contributed by atoms with van der Waals surface area (Å²) < 4.78 is 2.63. The first kappa shape index (κ1) is 40.8. The normalized spacial score (nSPS) is 11.8. The Bertz CT molecular complexity index is 4050. The number of rotatable bonds is 8. The van der Waals surface area contributed by atoms with Crippen molar-refractivity contribution in [3.63, 3.8) is 0 Å². The first-order valence-corrected chi connectivity index (χ1v) is 26.2. The Balaban J connectivity index is 0.901. The zero-order valence-corrected chi connectivity index (χ0v) is 39.9. The summed E-state index contributed by atoms with van der Waals surface area (Å²) >= 11 is 1.92. The van der Waals surface area contributed by atoms with Crippen molar-refractivity contribution >= 4 is 76.9 Å². The predicted octanol–water partition coefficient (Wildman–Crippen LogP) is 18.1. The van der Waals surface area contributed by atoms with E-state index in [0.29, 0.717) is 0 Å². The second-order valence-corrected chi connectivity index (χ2v) is 21.6. The first-order valence-electron chi connectivity index (χ1n) is 24.1. The van der Waals surface area contributed by atoms with Crippen molar-refractivity contribution < 1.29 is 0 Å². The predicted molar refractivity (Wildman–Crippen MR) is 305 cm³/mol. The Morgan fingerprint density at radius 1 is 0.229 bits per heavy atom. The molecule has 0 radical (unpaired) electrons. The van der Waals surface area contributed by atoms with Crippen LogP contribution in [0.2, 0.25) is 0 Å². The van der Waals surface area contributed by atoms with Crippen LogP contribution >= 0.6 is 19.3 Å². The third kappa shape index (κ3) is 6.69. The van der Waals surface area contributed by atoms with Crippen LogP contribution in [-0.2, 0) is 0 Å². The number of thiophene rings is 1. The highest BCUT2D eigenvalue weighted by Crippen LogP contribution is 2.59. The Hall–Kier alpha value is -8.19. The van der Waals surface area contributed by atoms with Gasteiger partial charge in [-0.05, 0) is 148 Å². The quantitative estimate of drug-likeness (QED) is 0.133. The second kappa shape index (κ2) is 16.8. The van der Waals surface area contributed by atoms with E-state index in [2.05, 4.69) is 261 Å². The highest BCUT2D eigenvalue weighted by atomic mass is 32.1. The number of hydrogen-bond donors (Lipinski definition) is 0. The van der Waals surface area contributed by atoms with E-state index in [4.69, 9.17) is 0 Å². The van der Waals surface area contributed by atoms with Gasteiger partial charge in [-0.3, -0.25) is 0 Å². The van der Waals surface area contributed by atoms with Crippen molar-refractivity contribution in [2.75, 3.05) is 0 Å². The second-order valence-electron chi connectivity index (χ2n) is 18.3. The molecule has 1 aliphatic rings. The van der Waals surface area contributed by atoms with Gasteiger partial charge >= 0.3 is 0 Å². The average Bonchev–Trinajstić information content (AvgIpc) is 3.97. The van der Waals surface area contributed by atoms with Crippen LogP contribution in [0.4, 0.5) is 0 Å². The summed E-state index contributed by atoms with van der Waals surface area (Å²) in [7, 11) is -0.859. The van der Waals surface area contributed by atoms with Gasteiger partial charge in [0, 0.05) is 20.2 Å². The molecule has 0 saturated heterocycles. The molecule has 0 atom stereocenters. The van der Waals surface area contributed by atoms with Crippen LogP contribution in [0.3, 0.4) is 0 Å². The fourth-order valence-corrected chi connectivity index (χ4v) is 14.8. The fourth-order valence-electron chi connectivity index (χ4n) is 11.3. The maximum atomic E-state index is 2.52. The van der Waals surface area contributed by atoms with Crippen LogP contribution in [0.1, 0.15) is 0 Å². The van der Waals surface area contributed by atoms with E-state index in [-0.39, 0.29) is 0 Å². The van der Waals surface area contributed by atoms with E-state index in [1.807, 2.05) is 11.3 Å². The van der Waals surface area contributed by atoms with Gasteiger partial charge in [-0.2, -0.15) is 0 Å². The fraction of sp³-hybridized carbons (Fsp3) is 0. The molecule has 13 aromatic rings. The van der Waals surface area contributed by atoms with E-state index >= 15 is 0 Å². The van der Waals surface area contributed by atoms with E-state index in [1.54, 1.807) is 0 Å². The molecule has 12 aromatic carbocycles. The number of benzene rings is 12. The number of fused-ring (bicyclic) bond motifs is 8. The largest absolute Gasteiger partial charge is 0.135 e. The highest BCUT2D eigenvalue weighted by molar-refractivity contribution is 7.79. The monoisotopic (exact) mass is 922 g/mol. The third-order valence-electron chi connectivity index (χ3n) is 14.4. The van der Waals surface area contributed by atoms with Gasteiger partial charge in [0.15, 0.2) is 0 Å². The molecular formula is C68H43PS. The Labute approximate surface area is 413 Å². The molecule has 0 aliphatic heterocycles. The minimum atomic E-state index is -0.859. The summed E-state index contributed by atoms with van der Waals surface area (Å²) in [4.78, 5) is 0. The minimum absolute atomic E-state index is 0.859. The maximum Gasteiger partial charge on any atom is 0.0368 e. The van der Waals surface area contributed by atoms with E-state index < -0.39 is 7.92 Å². The summed E-state index contributed by atoms with van der Waals surface area (Å²) in [5.74, 6) is 0. The lowest BCUT2D eigenvalue weighted by Crippen LogP contribution is -2.21. The van der Waals surface area contributed by atoms with Gasteiger partial charge in [-0.1, -0.05) is 237 Å². The van der Waals surface area contributed by atoms with Gasteiger partial charge in [0.25, 0.3) is 0 Å². The van der Waals surface area contributed by atoms with Crippen molar-refractivity contribution in [2.24, 2.45) is 0 Å². The Morgan fingerprint density at radius 2 is 0.671 bits per heavy atom. The maximum absolute atomic E-state index is 2.52. The molecular weight excluding hydrogens is 880 g/mol. The lowest BCUT2D eigenvalue weighted by atomic mass is 9.82. The summed E-state index contributed by atoms with van der Waals surface area (Å²) in [5.41, 5.74) is 17.9. The molecule has 2 heteroatoms. The lowest BCUT2D eigenvalue weighted by molar-refractivity contribution is 1.62. The van der Waals surface area contributed by atoms with Gasteiger partial charge in [-0.25, -0.2) is 0 Å². The molecule has 1 heterocycles. The lowest BCUT2D eigenvalue weighted by Gasteiger charge is -2.21. The molecule has 70 heavy (non-hydrogen) atoms. The minimum Gasteiger partial charge on any atom is -0.135 e. The van der Waals surface area contributed by atoms with Gasteiger partial charge in [0.1, 0.15) is 0 Å². The summed E-state index contributed by atoms with van der Waals surface area (Å²) in [6, 6.07) is 97.1.